The van der Waals surface area contributed by atoms with E-state index in [0.717, 1.165) is 19.4 Å². The molecule has 1 aliphatic rings. The van der Waals surface area contributed by atoms with Crippen LogP contribution in [0.4, 0.5) is 13.2 Å². The smallest absolute Gasteiger partial charge is 0.385 e. The third-order valence-electron chi connectivity index (χ3n) is 4.76. The zero-order valence-electron chi connectivity index (χ0n) is 13.5. The molecule has 2 unspecified atom stereocenters. The normalized spacial score (nSPS) is 26.6. The third-order valence-corrected chi connectivity index (χ3v) is 4.76. The van der Waals surface area contributed by atoms with Crippen LogP contribution in [0.2, 0.25) is 0 Å². The van der Waals surface area contributed by atoms with Gasteiger partial charge in [-0.2, -0.15) is 13.2 Å². The molecule has 126 valence electrons. The summed E-state index contributed by atoms with van der Waals surface area (Å²) in [6, 6.07) is 0.314. The van der Waals surface area contributed by atoms with E-state index in [1.54, 1.807) is 7.11 Å². The van der Waals surface area contributed by atoms with Crippen LogP contribution in [-0.4, -0.2) is 32.5 Å². The first-order valence-electron chi connectivity index (χ1n) is 8.19. The molecule has 5 heteroatoms. The van der Waals surface area contributed by atoms with Crippen molar-refractivity contribution in [2.45, 2.75) is 64.6 Å². The lowest BCUT2D eigenvalue weighted by atomic mass is 9.74. The standard InChI is InChI=1S/C16H30F3NO/c1-4-10-20-15(12(2)9-11-21-3)13-5-7-14(8-6-13)16(17,18)19/h12-15,20H,4-11H2,1-3H3. The summed E-state index contributed by atoms with van der Waals surface area (Å²) in [6.45, 7) is 5.94. The predicted octanol–water partition coefficient (Wildman–Crippen LogP) is 4.40. The Labute approximate surface area is 126 Å². The zero-order chi connectivity index (χ0) is 15.9. The third kappa shape index (κ3) is 6.15. The Morgan fingerprint density at radius 3 is 2.29 bits per heavy atom. The first-order chi connectivity index (χ1) is 9.90. The minimum Gasteiger partial charge on any atom is -0.385 e. The topological polar surface area (TPSA) is 21.3 Å². The number of halogens is 3. The molecule has 1 rings (SSSR count). The van der Waals surface area contributed by atoms with Crippen LogP contribution in [0.3, 0.4) is 0 Å². The second kappa shape index (κ2) is 8.99. The van der Waals surface area contributed by atoms with E-state index in [1.807, 2.05) is 0 Å². The van der Waals surface area contributed by atoms with Gasteiger partial charge in [-0.05, 0) is 56.9 Å². The van der Waals surface area contributed by atoms with Crippen LogP contribution in [0.5, 0.6) is 0 Å². The molecule has 0 aromatic carbocycles. The summed E-state index contributed by atoms with van der Waals surface area (Å²) in [5.41, 5.74) is 0. The summed E-state index contributed by atoms with van der Waals surface area (Å²) < 4.78 is 43.4. The molecule has 0 saturated heterocycles. The number of ether oxygens (including phenoxy) is 1. The second-order valence-corrected chi connectivity index (χ2v) is 6.39. The van der Waals surface area contributed by atoms with Crippen LogP contribution >= 0.6 is 0 Å². The highest BCUT2D eigenvalue weighted by Gasteiger charge is 2.42. The maximum absolute atomic E-state index is 12.8. The van der Waals surface area contributed by atoms with Crippen molar-refractivity contribution >= 4 is 0 Å². The number of alkyl halides is 3. The summed E-state index contributed by atoms with van der Waals surface area (Å²) >= 11 is 0. The predicted molar refractivity (Wildman–Crippen MR) is 79.2 cm³/mol. The summed E-state index contributed by atoms with van der Waals surface area (Å²) in [4.78, 5) is 0. The number of nitrogens with one attached hydrogen (secondary N) is 1. The summed E-state index contributed by atoms with van der Waals surface area (Å²) in [5, 5.41) is 3.56. The molecule has 2 nitrogen and oxygen atoms in total. The average Bonchev–Trinajstić information content (AvgIpc) is 2.45. The Morgan fingerprint density at radius 1 is 1.19 bits per heavy atom. The van der Waals surface area contributed by atoms with Crippen LogP contribution < -0.4 is 5.32 Å². The van der Waals surface area contributed by atoms with Gasteiger partial charge in [-0.25, -0.2) is 0 Å². The first kappa shape index (κ1) is 18.8. The molecule has 0 bridgehead atoms. The van der Waals surface area contributed by atoms with E-state index < -0.39 is 12.1 Å². The Kier molecular flexibility index (Phi) is 8.03. The Balaban J connectivity index is 2.55. The van der Waals surface area contributed by atoms with Crippen LogP contribution in [0.1, 0.15) is 52.4 Å². The molecule has 0 spiro atoms. The average molecular weight is 309 g/mol. The van der Waals surface area contributed by atoms with Gasteiger partial charge >= 0.3 is 6.18 Å². The van der Waals surface area contributed by atoms with Crippen molar-refractivity contribution < 1.29 is 17.9 Å². The number of rotatable bonds is 8. The zero-order valence-corrected chi connectivity index (χ0v) is 13.5. The SMILES string of the molecule is CCCNC(C(C)CCOC)C1CCC(C(F)(F)F)CC1. The van der Waals surface area contributed by atoms with Gasteiger partial charge in [0.15, 0.2) is 0 Å². The molecule has 0 aliphatic heterocycles. The molecule has 0 aromatic rings. The van der Waals surface area contributed by atoms with Gasteiger partial charge < -0.3 is 10.1 Å². The molecule has 0 amide bonds. The molecule has 1 aliphatic carbocycles. The van der Waals surface area contributed by atoms with E-state index in [9.17, 15) is 13.2 Å². The molecule has 21 heavy (non-hydrogen) atoms. The van der Waals surface area contributed by atoms with E-state index >= 15 is 0 Å². The number of hydrogen-bond acceptors (Lipinski definition) is 2. The van der Waals surface area contributed by atoms with Crippen molar-refractivity contribution in [3.05, 3.63) is 0 Å². The van der Waals surface area contributed by atoms with E-state index in [0.29, 0.717) is 37.3 Å². The highest BCUT2D eigenvalue weighted by atomic mass is 19.4. The highest BCUT2D eigenvalue weighted by molar-refractivity contribution is 4.86. The van der Waals surface area contributed by atoms with Gasteiger partial charge in [-0.3, -0.25) is 0 Å². The van der Waals surface area contributed by atoms with Gasteiger partial charge in [0, 0.05) is 19.8 Å². The van der Waals surface area contributed by atoms with Gasteiger partial charge in [-0.15, -0.1) is 0 Å². The Bertz CT molecular complexity index is 275. The van der Waals surface area contributed by atoms with Crippen molar-refractivity contribution in [3.8, 4) is 0 Å². The first-order valence-corrected chi connectivity index (χ1v) is 8.19. The van der Waals surface area contributed by atoms with E-state index in [-0.39, 0.29) is 12.8 Å². The molecular weight excluding hydrogens is 279 g/mol. The van der Waals surface area contributed by atoms with Gasteiger partial charge in [0.1, 0.15) is 0 Å². The lowest BCUT2D eigenvalue weighted by molar-refractivity contribution is -0.184. The fourth-order valence-corrected chi connectivity index (χ4v) is 3.43. The highest BCUT2D eigenvalue weighted by Crippen LogP contribution is 2.41. The molecule has 2 atom stereocenters. The molecule has 0 aromatic heterocycles. The van der Waals surface area contributed by atoms with Crippen molar-refractivity contribution in [2.24, 2.45) is 17.8 Å². The van der Waals surface area contributed by atoms with Crippen molar-refractivity contribution in [1.29, 1.82) is 0 Å². The Morgan fingerprint density at radius 2 is 1.81 bits per heavy atom. The van der Waals surface area contributed by atoms with Gasteiger partial charge in [0.2, 0.25) is 0 Å². The largest absolute Gasteiger partial charge is 0.391 e. The maximum Gasteiger partial charge on any atom is 0.391 e. The monoisotopic (exact) mass is 309 g/mol. The second-order valence-electron chi connectivity index (χ2n) is 6.39. The quantitative estimate of drug-likeness (QED) is 0.718. The fourth-order valence-electron chi connectivity index (χ4n) is 3.43. The fraction of sp³-hybridized carbons (Fsp3) is 1.00. The van der Waals surface area contributed by atoms with E-state index in [2.05, 4.69) is 19.2 Å². The van der Waals surface area contributed by atoms with Crippen LogP contribution in [0, 0.1) is 17.8 Å². The van der Waals surface area contributed by atoms with Crippen LogP contribution in [-0.2, 0) is 4.74 Å². The Hall–Kier alpha value is -0.290. The van der Waals surface area contributed by atoms with Crippen LogP contribution in [0.25, 0.3) is 0 Å². The van der Waals surface area contributed by atoms with Crippen molar-refractivity contribution in [3.63, 3.8) is 0 Å². The number of hydrogen-bond donors (Lipinski definition) is 1. The summed E-state index contributed by atoms with van der Waals surface area (Å²) in [5.74, 6) is -0.291. The van der Waals surface area contributed by atoms with Crippen molar-refractivity contribution in [1.82, 2.24) is 5.32 Å². The van der Waals surface area contributed by atoms with E-state index in [1.165, 1.54) is 0 Å². The minimum atomic E-state index is -4.01. The van der Waals surface area contributed by atoms with Gasteiger partial charge in [0.25, 0.3) is 0 Å². The number of methoxy groups -OCH3 is 1. The molecule has 1 N–H and O–H groups in total. The van der Waals surface area contributed by atoms with Crippen LogP contribution in [0.15, 0.2) is 0 Å². The lowest BCUT2D eigenvalue weighted by Gasteiger charge is -2.38. The van der Waals surface area contributed by atoms with Crippen molar-refractivity contribution in [2.75, 3.05) is 20.3 Å². The molecular formula is C16H30F3NO. The van der Waals surface area contributed by atoms with E-state index in [4.69, 9.17) is 4.74 Å². The van der Waals surface area contributed by atoms with Gasteiger partial charge in [-0.1, -0.05) is 13.8 Å². The lowest BCUT2D eigenvalue weighted by Crippen LogP contribution is -2.44. The minimum absolute atomic E-state index is 0.287. The maximum atomic E-state index is 12.8. The van der Waals surface area contributed by atoms with Gasteiger partial charge in [0.05, 0.1) is 5.92 Å². The molecule has 0 radical (unpaired) electrons. The summed E-state index contributed by atoms with van der Waals surface area (Å²) in [6.07, 6.45) is -0.0713. The molecule has 1 fully saturated rings. The summed E-state index contributed by atoms with van der Waals surface area (Å²) in [7, 11) is 1.69. The molecule has 1 saturated carbocycles. The molecule has 0 heterocycles.